The lowest BCUT2D eigenvalue weighted by Crippen LogP contribution is -2.44. The van der Waals surface area contributed by atoms with E-state index in [1.807, 2.05) is 0 Å². The van der Waals surface area contributed by atoms with Gasteiger partial charge in [-0.1, -0.05) is 0 Å². The van der Waals surface area contributed by atoms with E-state index in [0.717, 1.165) is 0 Å². The van der Waals surface area contributed by atoms with Crippen LogP contribution in [0.2, 0.25) is 0 Å². The minimum atomic E-state index is -0.749. The third-order valence-electron chi connectivity index (χ3n) is 4.99. The molecule has 5 amide bonds. The third kappa shape index (κ3) is 23.4. The van der Waals surface area contributed by atoms with Gasteiger partial charge in [0.15, 0.2) is 0 Å². The molecule has 14 heteroatoms. The minimum absolute atomic E-state index is 0.0240. The van der Waals surface area contributed by atoms with Crippen molar-refractivity contribution in [3.63, 3.8) is 0 Å². The monoisotopic (exact) mass is 602 g/mol. The average Bonchev–Trinajstić information content (AvgIpc) is 2.78. The van der Waals surface area contributed by atoms with Crippen molar-refractivity contribution < 1.29 is 38.2 Å². The van der Waals surface area contributed by atoms with E-state index in [2.05, 4.69) is 26.6 Å². The summed E-state index contributed by atoms with van der Waals surface area (Å²) in [6.45, 7) is 16.7. The Bertz CT molecular complexity index is 877. The van der Waals surface area contributed by atoms with Crippen LogP contribution in [0.5, 0.6) is 0 Å². The maximum atomic E-state index is 12.5. The van der Waals surface area contributed by atoms with Crippen LogP contribution in [0.1, 0.15) is 94.4 Å². The van der Waals surface area contributed by atoms with Crippen LogP contribution >= 0.6 is 0 Å². The van der Waals surface area contributed by atoms with Crippen LogP contribution in [0.15, 0.2) is 0 Å². The van der Waals surface area contributed by atoms with Gasteiger partial charge in [0.2, 0.25) is 11.8 Å². The molecule has 0 bridgehead atoms. The molecule has 7 N–H and O–H groups in total. The van der Waals surface area contributed by atoms with Crippen LogP contribution in [-0.4, -0.2) is 85.2 Å². The summed E-state index contributed by atoms with van der Waals surface area (Å²) in [5.74, 6) is -0.660. The molecular weight excluding hydrogens is 548 g/mol. The van der Waals surface area contributed by atoms with Crippen LogP contribution < -0.4 is 32.3 Å². The van der Waals surface area contributed by atoms with Crippen LogP contribution in [-0.2, 0) is 23.8 Å². The number of hydrogen-bond acceptors (Lipinski definition) is 9. The highest BCUT2D eigenvalue weighted by Crippen LogP contribution is 2.10. The molecule has 0 aromatic rings. The van der Waals surface area contributed by atoms with Gasteiger partial charge in [-0.3, -0.25) is 9.59 Å². The van der Waals surface area contributed by atoms with Crippen LogP contribution in [0.3, 0.4) is 0 Å². The average molecular weight is 603 g/mol. The largest absolute Gasteiger partial charge is 0.444 e. The van der Waals surface area contributed by atoms with Crippen molar-refractivity contribution in [3.8, 4) is 0 Å². The highest BCUT2D eigenvalue weighted by Gasteiger charge is 2.22. The number of carbonyl (C=O) groups is 5. The molecule has 0 heterocycles. The lowest BCUT2D eigenvalue weighted by atomic mass is 10.1. The molecule has 0 spiro atoms. The molecule has 0 saturated heterocycles. The van der Waals surface area contributed by atoms with Crippen molar-refractivity contribution >= 4 is 30.1 Å². The van der Waals surface area contributed by atoms with E-state index in [1.165, 1.54) is 0 Å². The lowest BCUT2D eigenvalue weighted by molar-refractivity contribution is -0.123. The van der Waals surface area contributed by atoms with E-state index in [-0.39, 0.29) is 37.9 Å². The first-order valence-corrected chi connectivity index (χ1v) is 14.4. The molecule has 0 unspecified atom stereocenters. The first kappa shape index (κ1) is 38.7. The molecule has 0 rings (SSSR count). The maximum Gasteiger partial charge on any atom is 0.407 e. The molecule has 2 atom stereocenters. The second kappa shape index (κ2) is 18.3. The third-order valence-corrected chi connectivity index (χ3v) is 4.99. The Morgan fingerprint density at radius 1 is 0.595 bits per heavy atom. The van der Waals surface area contributed by atoms with Crippen LogP contribution in [0, 0.1) is 0 Å². The first-order chi connectivity index (χ1) is 19.2. The van der Waals surface area contributed by atoms with Gasteiger partial charge in [-0.25, -0.2) is 14.4 Å². The first-order valence-electron chi connectivity index (χ1n) is 14.4. The molecule has 0 aromatic heterocycles. The van der Waals surface area contributed by atoms with Crippen molar-refractivity contribution in [2.75, 3.05) is 26.2 Å². The Balaban J connectivity index is 4.59. The Hall–Kier alpha value is -3.29. The summed E-state index contributed by atoms with van der Waals surface area (Å²) in [5, 5.41) is 13.3. The molecule has 14 nitrogen and oxygen atoms in total. The predicted octanol–water partition coefficient (Wildman–Crippen LogP) is 2.44. The zero-order valence-electron chi connectivity index (χ0n) is 26.9. The van der Waals surface area contributed by atoms with E-state index in [0.29, 0.717) is 32.2 Å². The summed E-state index contributed by atoms with van der Waals surface area (Å²) < 4.78 is 15.6. The number of ether oxygens (including phenoxy) is 3. The topological polar surface area (TPSA) is 199 Å². The summed E-state index contributed by atoms with van der Waals surface area (Å²) in [4.78, 5) is 60.6. The van der Waals surface area contributed by atoms with E-state index in [4.69, 9.17) is 19.9 Å². The predicted molar refractivity (Wildman–Crippen MR) is 159 cm³/mol. The molecule has 0 aliphatic heterocycles. The van der Waals surface area contributed by atoms with Gasteiger partial charge in [0, 0.05) is 38.6 Å². The highest BCUT2D eigenvalue weighted by molar-refractivity contribution is 5.81. The van der Waals surface area contributed by atoms with Gasteiger partial charge in [-0.2, -0.15) is 0 Å². The zero-order chi connectivity index (χ0) is 32.6. The van der Waals surface area contributed by atoms with E-state index < -0.39 is 47.2 Å². The molecule has 0 radical (unpaired) electrons. The van der Waals surface area contributed by atoms with Crippen molar-refractivity contribution in [1.82, 2.24) is 26.6 Å². The van der Waals surface area contributed by atoms with Gasteiger partial charge in [0.1, 0.15) is 16.8 Å². The second-order valence-electron chi connectivity index (χ2n) is 12.9. The molecule has 42 heavy (non-hydrogen) atoms. The zero-order valence-corrected chi connectivity index (χ0v) is 26.9. The summed E-state index contributed by atoms with van der Waals surface area (Å²) in [7, 11) is 0. The molecule has 0 aliphatic rings. The SMILES string of the molecule is CC(C)(C)OC(=O)NCCC[C@H](N)C(=O)NCCC[C@@H](CC(=O)NCCNC(=O)OC(C)(C)C)NC(=O)OC(C)(C)C. The lowest BCUT2D eigenvalue weighted by Gasteiger charge is -2.24. The summed E-state index contributed by atoms with van der Waals surface area (Å²) in [5.41, 5.74) is 4.03. The van der Waals surface area contributed by atoms with Crippen LogP contribution in [0.4, 0.5) is 14.4 Å². The molecule has 0 aromatic carbocycles. The van der Waals surface area contributed by atoms with Crippen molar-refractivity contribution in [3.05, 3.63) is 0 Å². The number of alkyl carbamates (subject to hydrolysis) is 3. The van der Waals surface area contributed by atoms with Crippen molar-refractivity contribution in [1.29, 1.82) is 0 Å². The van der Waals surface area contributed by atoms with Crippen molar-refractivity contribution in [2.24, 2.45) is 5.73 Å². The minimum Gasteiger partial charge on any atom is -0.444 e. The number of carbonyl (C=O) groups excluding carboxylic acids is 5. The number of amides is 5. The van der Waals surface area contributed by atoms with E-state index in [9.17, 15) is 24.0 Å². The van der Waals surface area contributed by atoms with Gasteiger partial charge in [0.25, 0.3) is 0 Å². The highest BCUT2D eigenvalue weighted by atomic mass is 16.6. The van der Waals surface area contributed by atoms with E-state index in [1.54, 1.807) is 62.3 Å². The number of nitrogens with one attached hydrogen (secondary N) is 5. The van der Waals surface area contributed by atoms with Gasteiger partial charge in [0.05, 0.1) is 6.04 Å². The Morgan fingerprint density at radius 2 is 1.02 bits per heavy atom. The summed E-state index contributed by atoms with van der Waals surface area (Å²) >= 11 is 0. The Labute approximate surface area is 250 Å². The number of hydrogen-bond donors (Lipinski definition) is 6. The Kier molecular flexibility index (Phi) is 16.9. The standard InChI is InChI=1S/C28H54N6O8/c1-26(2,3)40-23(37)32-15-11-13-20(29)22(36)31-14-10-12-19(34-25(39)42-28(7,8)9)18-21(35)30-16-17-33-24(38)41-27(4,5)6/h19-20H,10-18,29H2,1-9H3,(H,30,35)(H,31,36)(H,32,37)(H,33,38)(H,34,39)/t19-,20-/m0/s1. The fourth-order valence-corrected chi connectivity index (χ4v) is 3.32. The normalized spacial score (nSPS) is 13.2. The molecule has 0 fully saturated rings. The number of nitrogens with two attached hydrogens (primary N) is 1. The quantitative estimate of drug-likeness (QED) is 0.120. The second-order valence-corrected chi connectivity index (χ2v) is 12.9. The molecule has 244 valence electrons. The fraction of sp³-hybridized carbons (Fsp3) is 0.821. The number of rotatable bonds is 15. The summed E-state index contributed by atoms with van der Waals surface area (Å²) in [6.07, 6.45) is -0.0697. The van der Waals surface area contributed by atoms with Gasteiger partial charge < -0.3 is 46.5 Å². The Morgan fingerprint density at radius 3 is 1.55 bits per heavy atom. The van der Waals surface area contributed by atoms with E-state index >= 15 is 0 Å². The molecule has 0 saturated carbocycles. The van der Waals surface area contributed by atoms with Gasteiger partial charge in [-0.05, 0) is 88.0 Å². The van der Waals surface area contributed by atoms with Crippen LogP contribution in [0.25, 0.3) is 0 Å². The maximum absolute atomic E-state index is 12.5. The smallest absolute Gasteiger partial charge is 0.407 e. The molecular formula is C28H54N6O8. The van der Waals surface area contributed by atoms with Gasteiger partial charge >= 0.3 is 18.3 Å². The molecule has 0 aliphatic carbocycles. The summed E-state index contributed by atoms with van der Waals surface area (Å²) in [6, 6.07) is -1.30. The van der Waals surface area contributed by atoms with Gasteiger partial charge in [-0.15, -0.1) is 0 Å². The van der Waals surface area contributed by atoms with Crippen molar-refractivity contribution in [2.45, 2.75) is 123 Å². The fourth-order valence-electron chi connectivity index (χ4n) is 3.32.